The molecule has 0 atom stereocenters. The SMILES string of the molecule is CC(C)N(CC(=O)Nc1ccccc1)CC(N)=S. The Morgan fingerprint density at radius 2 is 1.94 bits per heavy atom. The molecule has 0 bridgehead atoms. The van der Waals surface area contributed by atoms with Crippen LogP contribution >= 0.6 is 12.2 Å². The van der Waals surface area contributed by atoms with Gasteiger partial charge in [0.05, 0.1) is 11.5 Å². The number of nitrogens with one attached hydrogen (secondary N) is 1. The summed E-state index contributed by atoms with van der Waals surface area (Å²) in [6, 6.07) is 9.59. The smallest absolute Gasteiger partial charge is 0.238 e. The molecule has 3 N–H and O–H groups in total. The Morgan fingerprint density at radius 3 is 2.44 bits per heavy atom. The van der Waals surface area contributed by atoms with E-state index in [1.807, 2.05) is 49.1 Å². The number of anilines is 1. The number of benzene rings is 1. The summed E-state index contributed by atoms with van der Waals surface area (Å²) < 4.78 is 0. The first-order chi connectivity index (χ1) is 8.49. The molecule has 0 aromatic heterocycles. The number of para-hydroxylation sites is 1. The molecule has 0 radical (unpaired) electrons. The Bertz CT molecular complexity index is 406. The van der Waals surface area contributed by atoms with Crippen molar-refractivity contribution in [2.75, 3.05) is 18.4 Å². The molecule has 1 amide bonds. The van der Waals surface area contributed by atoms with Gasteiger partial charge < -0.3 is 11.1 Å². The summed E-state index contributed by atoms with van der Waals surface area (Å²) in [6.07, 6.45) is 0. The van der Waals surface area contributed by atoms with Gasteiger partial charge in [0.15, 0.2) is 0 Å². The van der Waals surface area contributed by atoms with Crippen molar-refractivity contribution in [2.45, 2.75) is 19.9 Å². The van der Waals surface area contributed by atoms with Crippen LogP contribution in [0.3, 0.4) is 0 Å². The molecule has 18 heavy (non-hydrogen) atoms. The third kappa shape index (κ3) is 5.25. The first-order valence-electron chi connectivity index (χ1n) is 5.86. The van der Waals surface area contributed by atoms with Crippen LogP contribution in [-0.2, 0) is 4.79 Å². The molecule has 0 spiro atoms. The fourth-order valence-electron chi connectivity index (χ4n) is 1.53. The molecule has 0 heterocycles. The zero-order valence-corrected chi connectivity index (χ0v) is 11.5. The van der Waals surface area contributed by atoms with Crippen LogP contribution in [0, 0.1) is 0 Å². The quantitative estimate of drug-likeness (QED) is 0.767. The van der Waals surface area contributed by atoms with Crippen LogP contribution in [0.1, 0.15) is 13.8 Å². The zero-order chi connectivity index (χ0) is 13.5. The standard InChI is InChI=1S/C13H19N3OS/c1-10(2)16(8-12(14)18)9-13(17)15-11-6-4-3-5-7-11/h3-7,10H,8-9H2,1-2H3,(H2,14,18)(H,15,17). The van der Waals surface area contributed by atoms with Crippen molar-refractivity contribution in [3.8, 4) is 0 Å². The number of nitrogens with zero attached hydrogens (tertiary/aromatic N) is 1. The van der Waals surface area contributed by atoms with Gasteiger partial charge in [-0.25, -0.2) is 0 Å². The average molecular weight is 265 g/mol. The number of thiocarbonyl (C=S) groups is 1. The van der Waals surface area contributed by atoms with Crippen LogP contribution < -0.4 is 11.1 Å². The fraction of sp³-hybridized carbons (Fsp3) is 0.385. The van der Waals surface area contributed by atoms with E-state index in [2.05, 4.69) is 5.32 Å². The van der Waals surface area contributed by atoms with Gasteiger partial charge in [-0.05, 0) is 26.0 Å². The number of hydrogen-bond donors (Lipinski definition) is 2. The Morgan fingerprint density at radius 1 is 1.33 bits per heavy atom. The highest BCUT2D eigenvalue weighted by atomic mass is 32.1. The number of amides is 1. The third-order valence-corrected chi connectivity index (χ3v) is 2.62. The first kappa shape index (κ1) is 14.6. The van der Waals surface area contributed by atoms with Crippen LogP contribution in [0.4, 0.5) is 5.69 Å². The fourth-order valence-corrected chi connectivity index (χ4v) is 1.69. The van der Waals surface area contributed by atoms with Crippen LogP contribution in [0.5, 0.6) is 0 Å². The van der Waals surface area contributed by atoms with E-state index in [0.717, 1.165) is 5.69 Å². The molecule has 4 nitrogen and oxygen atoms in total. The Balaban J connectivity index is 2.54. The van der Waals surface area contributed by atoms with E-state index in [1.54, 1.807) is 0 Å². The molecule has 1 rings (SSSR count). The minimum atomic E-state index is -0.0637. The summed E-state index contributed by atoms with van der Waals surface area (Å²) in [7, 11) is 0. The van der Waals surface area contributed by atoms with E-state index < -0.39 is 0 Å². The molecular weight excluding hydrogens is 246 g/mol. The molecule has 0 aliphatic carbocycles. The highest BCUT2D eigenvalue weighted by molar-refractivity contribution is 7.80. The van der Waals surface area contributed by atoms with Gasteiger partial charge in [0.1, 0.15) is 0 Å². The molecule has 0 aliphatic heterocycles. The predicted octanol–water partition coefficient (Wildman–Crippen LogP) is 1.62. The summed E-state index contributed by atoms with van der Waals surface area (Å²) in [4.78, 5) is 14.2. The van der Waals surface area contributed by atoms with Gasteiger partial charge in [-0.3, -0.25) is 9.69 Å². The van der Waals surface area contributed by atoms with Crippen molar-refractivity contribution in [3.63, 3.8) is 0 Å². The third-order valence-electron chi connectivity index (χ3n) is 2.49. The second-order valence-corrected chi connectivity index (χ2v) is 4.90. The normalized spacial score (nSPS) is 10.7. The van der Waals surface area contributed by atoms with Crippen molar-refractivity contribution in [1.82, 2.24) is 4.90 Å². The van der Waals surface area contributed by atoms with Crippen LogP contribution in [0.25, 0.3) is 0 Å². The minimum Gasteiger partial charge on any atom is -0.392 e. The molecular formula is C13H19N3OS. The van der Waals surface area contributed by atoms with Gasteiger partial charge in [0.2, 0.25) is 5.91 Å². The van der Waals surface area contributed by atoms with E-state index in [4.69, 9.17) is 18.0 Å². The molecule has 0 saturated heterocycles. The minimum absolute atomic E-state index is 0.0637. The first-order valence-corrected chi connectivity index (χ1v) is 6.27. The molecule has 0 fully saturated rings. The van der Waals surface area contributed by atoms with Gasteiger partial charge in [-0.2, -0.15) is 0 Å². The number of carbonyl (C=O) groups excluding carboxylic acids is 1. The number of rotatable bonds is 6. The largest absolute Gasteiger partial charge is 0.392 e. The van der Waals surface area contributed by atoms with Crippen LogP contribution in [0.15, 0.2) is 30.3 Å². The molecule has 1 aromatic rings. The molecule has 0 aliphatic rings. The van der Waals surface area contributed by atoms with Crippen LogP contribution in [-0.4, -0.2) is 34.9 Å². The van der Waals surface area contributed by atoms with Gasteiger partial charge in [0.25, 0.3) is 0 Å². The van der Waals surface area contributed by atoms with Crippen LogP contribution in [0.2, 0.25) is 0 Å². The molecule has 5 heteroatoms. The maximum Gasteiger partial charge on any atom is 0.238 e. The van der Waals surface area contributed by atoms with E-state index in [-0.39, 0.29) is 18.5 Å². The summed E-state index contributed by atoms with van der Waals surface area (Å²) in [5, 5.41) is 2.84. The topological polar surface area (TPSA) is 58.4 Å². The van der Waals surface area contributed by atoms with E-state index in [0.29, 0.717) is 11.5 Å². The van der Waals surface area contributed by atoms with E-state index >= 15 is 0 Å². The molecule has 0 unspecified atom stereocenters. The zero-order valence-electron chi connectivity index (χ0n) is 10.7. The van der Waals surface area contributed by atoms with Gasteiger partial charge >= 0.3 is 0 Å². The number of nitrogens with two attached hydrogens (primary N) is 1. The van der Waals surface area contributed by atoms with Gasteiger partial charge in [-0.15, -0.1) is 0 Å². The van der Waals surface area contributed by atoms with Crippen molar-refractivity contribution in [1.29, 1.82) is 0 Å². The maximum atomic E-state index is 11.9. The lowest BCUT2D eigenvalue weighted by Crippen LogP contribution is -2.42. The van der Waals surface area contributed by atoms with Crippen molar-refractivity contribution < 1.29 is 4.79 Å². The summed E-state index contributed by atoms with van der Waals surface area (Å²) in [5.74, 6) is -0.0637. The number of hydrogen-bond acceptors (Lipinski definition) is 3. The van der Waals surface area contributed by atoms with Gasteiger partial charge in [0, 0.05) is 18.3 Å². The van der Waals surface area contributed by atoms with Crippen molar-refractivity contribution >= 4 is 28.8 Å². The molecule has 0 saturated carbocycles. The van der Waals surface area contributed by atoms with E-state index in [1.165, 1.54) is 0 Å². The highest BCUT2D eigenvalue weighted by Crippen LogP contribution is 2.05. The Labute approximate surface area is 113 Å². The summed E-state index contributed by atoms with van der Waals surface area (Å²) in [5.41, 5.74) is 6.31. The van der Waals surface area contributed by atoms with Crippen molar-refractivity contribution in [3.05, 3.63) is 30.3 Å². The second kappa shape index (κ2) is 7.08. The maximum absolute atomic E-state index is 11.9. The Hall–Kier alpha value is -1.46. The predicted molar refractivity (Wildman–Crippen MR) is 78.6 cm³/mol. The lowest BCUT2D eigenvalue weighted by molar-refractivity contribution is -0.117. The molecule has 1 aromatic carbocycles. The lowest BCUT2D eigenvalue weighted by Gasteiger charge is -2.25. The monoisotopic (exact) mass is 265 g/mol. The second-order valence-electron chi connectivity index (χ2n) is 4.38. The number of carbonyl (C=O) groups is 1. The van der Waals surface area contributed by atoms with Gasteiger partial charge in [-0.1, -0.05) is 30.4 Å². The lowest BCUT2D eigenvalue weighted by atomic mass is 10.3. The van der Waals surface area contributed by atoms with Crippen molar-refractivity contribution in [2.24, 2.45) is 5.73 Å². The Kier molecular flexibility index (Phi) is 5.74. The van der Waals surface area contributed by atoms with E-state index in [9.17, 15) is 4.79 Å². The molecule has 98 valence electrons. The highest BCUT2D eigenvalue weighted by Gasteiger charge is 2.14. The summed E-state index contributed by atoms with van der Waals surface area (Å²) in [6.45, 7) is 4.75. The summed E-state index contributed by atoms with van der Waals surface area (Å²) >= 11 is 4.88. The average Bonchev–Trinajstić information content (AvgIpc) is 2.28.